The van der Waals surface area contributed by atoms with Crippen molar-refractivity contribution in [2.45, 2.75) is 26.8 Å². The van der Waals surface area contributed by atoms with Crippen LogP contribution in [0.2, 0.25) is 0 Å². The van der Waals surface area contributed by atoms with Crippen LogP contribution < -0.4 is 5.32 Å². The number of hydrogen-bond donors (Lipinski definition) is 1. The topological polar surface area (TPSA) is 55.4 Å². The van der Waals surface area contributed by atoms with Gasteiger partial charge in [0, 0.05) is 0 Å². The van der Waals surface area contributed by atoms with Gasteiger partial charge in [-0.05, 0) is 49.6 Å². The number of esters is 1. The largest absolute Gasteiger partial charge is 0.452 e. The van der Waals surface area contributed by atoms with Gasteiger partial charge in [-0.25, -0.2) is 9.18 Å². The smallest absolute Gasteiger partial charge is 0.341 e. The molecule has 0 saturated carbocycles. The van der Waals surface area contributed by atoms with E-state index < -0.39 is 24.3 Å². The third-order valence-electron chi connectivity index (χ3n) is 3.84. The Hall–Kier alpha value is -2.69. The van der Waals surface area contributed by atoms with Crippen LogP contribution in [0.3, 0.4) is 0 Å². The Labute approximate surface area is 140 Å². The van der Waals surface area contributed by atoms with Gasteiger partial charge < -0.3 is 10.1 Å². The quantitative estimate of drug-likeness (QED) is 0.855. The monoisotopic (exact) mass is 329 g/mol. The molecule has 0 aromatic heterocycles. The fourth-order valence-electron chi connectivity index (χ4n) is 2.24. The lowest BCUT2D eigenvalue weighted by Gasteiger charge is -2.15. The van der Waals surface area contributed by atoms with Crippen LogP contribution in [-0.2, 0) is 9.53 Å². The molecule has 0 aliphatic carbocycles. The highest BCUT2D eigenvalue weighted by Crippen LogP contribution is 2.16. The predicted molar refractivity (Wildman–Crippen MR) is 89.2 cm³/mol. The third kappa shape index (κ3) is 4.41. The molecule has 2 aromatic rings. The van der Waals surface area contributed by atoms with Gasteiger partial charge in [-0.3, -0.25) is 4.79 Å². The predicted octanol–water partition coefficient (Wildman–Crippen LogP) is 3.48. The van der Waals surface area contributed by atoms with Crippen LogP contribution in [-0.4, -0.2) is 18.5 Å². The molecule has 0 fully saturated rings. The highest BCUT2D eigenvalue weighted by molar-refractivity contribution is 5.91. The molecule has 0 heterocycles. The van der Waals surface area contributed by atoms with Gasteiger partial charge in [0.05, 0.1) is 11.6 Å². The molecule has 0 aliphatic rings. The van der Waals surface area contributed by atoms with E-state index in [0.29, 0.717) is 0 Å². The van der Waals surface area contributed by atoms with E-state index in [4.69, 9.17) is 4.74 Å². The molecule has 1 N–H and O–H groups in total. The molecule has 1 atom stereocenters. The lowest BCUT2D eigenvalue weighted by molar-refractivity contribution is -0.124. The van der Waals surface area contributed by atoms with Gasteiger partial charge in [-0.2, -0.15) is 0 Å². The van der Waals surface area contributed by atoms with Crippen LogP contribution in [0.1, 0.15) is 40.0 Å². The molecule has 0 unspecified atom stereocenters. The zero-order valence-electron chi connectivity index (χ0n) is 13.9. The highest BCUT2D eigenvalue weighted by Gasteiger charge is 2.15. The number of benzene rings is 2. The Bertz CT molecular complexity index is 758. The first-order valence-electron chi connectivity index (χ1n) is 7.66. The van der Waals surface area contributed by atoms with Gasteiger partial charge in [0.2, 0.25) is 0 Å². The minimum atomic E-state index is -0.859. The van der Waals surface area contributed by atoms with E-state index in [9.17, 15) is 14.0 Å². The highest BCUT2D eigenvalue weighted by atomic mass is 19.1. The molecule has 0 aliphatic heterocycles. The molecule has 1 amide bonds. The maximum Gasteiger partial charge on any atom is 0.341 e. The number of ether oxygens (including phenoxy) is 1. The van der Waals surface area contributed by atoms with Crippen molar-refractivity contribution in [2.75, 3.05) is 6.61 Å². The Morgan fingerprint density at radius 1 is 1.12 bits per heavy atom. The van der Waals surface area contributed by atoms with Crippen LogP contribution >= 0.6 is 0 Å². The summed E-state index contributed by atoms with van der Waals surface area (Å²) in [6.07, 6.45) is 0. The average Bonchev–Trinajstić information content (AvgIpc) is 2.55. The maximum absolute atomic E-state index is 13.5. The number of aryl methyl sites for hydroxylation is 2. The molecular formula is C19H20FNO3. The van der Waals surface area contributed by atoms with E-state index in [1.807, 2.05) is 39.0 Å². The molecule has 2 aromatic carbocycles. The first-order chi connectivity index (χ1) is 11.4. The van der Waals surface area contributed by atoms with Crippen molar-refractivity contribution in [2.24, 2.45) is 0 Å². The summed E-state index contributed by atoms with van der Waals surface area (Å²) in [5.41, 5.74) is 3.09. The van der Waals surface area contributed by atoms with Crippen molar-refractivity contribution in [3.05, 3.63) is 70.5 Å². The Kier molecular flexibility index (Phi) is 5.68. The summed E-state index contributed by atoms with van der Waals surface area (Å²) in [7, 11) is 0. The fraction of sp³-hybridized carbons (Fsp3) is 0.263. The number of rotatable bonds is 5. The van der Waals surface area contributed by atoms with Gasteiger partial charge in [0.1, 0.15) is 5.82 Å². The van der Waals surface area contributed by atoms with Gasteiger partial charge in [-0.1, -0.05) is 30.3 Å². The summed E-state index contributed by atoms with van der Waals surface area (Å²) in [5, 5.41) is 2.75. The van der Waals surface area contributed by atoms with E-state index >= 15 is 0 Å². The summed E-state index contributed by atoms with van der Waals surface area (Å²) in [6.45, 7) is 5.41. The van der Waals surface area contributed by atoms with E-state index in [2.05, 4.69) is 5.32 Å². The Morgan fingerprint density at radius 2 is 1.83 bits per heavy atom. The number of carbonyl (C=O) groups is 2. The second-order valence-electron chi connectivity index (χ2n) is 5.69. The van der Waals surface area contributed by atoms with Gasteiger partial charge in [0.25, 0.3) is 5.91 Å². The van der Waals surface area contributed by atoms with Crippen LogP contribution in [0.25, 0.3) is 0 Å². The zero-order chi connectivity index (χ0) is 17.7. The minimum absolute atomic E-state index is 0.187. The molecule has 24 heavy (non-hydrogen) atoms. The van der Waals surface area contributed by atoms with E-state index in [1.54, 1.807) is 0 Å². The molecule has 126 valence electrons. The van der Waals surface area contributed by atoms with Crippen molar-refractivity contribution in [3.8, 4) is 0 Å². The average molecular weight is 329 g/mol. The molecule has 4 nitrogen and oxygen atoms in total. The first-order valence-corrected chi connectivity index (χ1v) is 7.66. The molecule has 2 rings (SSSR count). The lowest BCUT2D eigenvalue weighted by Crippen LogP contribution is -2.31. The fourth-order valence-corrected chi connectivity index (χ4v) is 2.24. The second kappa shape index (κ2) is 7.73. The van der Waals surface area contributed by atoms with E-state index in [-0.39, 0.29) is 11.6 Å². The van der Waals surface area contributed by atoms with Crippen molar-refractivity contribution in [3.63, 3.8) is 0 Å². The molecule has 0 radical (unpaired) electrons. The summed E-state index contributed by atoms with van der Waals surface area (Å²) in [5.74, 6) is -1.97. The van der Waals surface area contributed by atoms with Gasteiger partial charge in [-0.15, -0.1) is 0 Å². The van der Waals surface area contributed by atoms with Crippen LogP contribution in [0, 0.1) is 19.7 Å². The number of nitrogens with one attached hydrogen (secondary N) is 1. The molecule has 0 bridgehead atoms. The molecular weight excluding hydrogens is 309 g/mol. The SMILES string of the molecule is Cc1ccc([C@@H](C)NC(=O)COC(=O)c2ccccc2F)cc1C. The lowest BCUT2D eigenvalue weighted by atomic mass is 10.0. The van der Waals surface area contributed by atoms with Crippen LogP contribution in [0.5, 0.6) is 0 Å². The second-order valence-corrected chi connectivity index (χ2v) is 5.69. The number of amides is 1. The van der Waals surface area contributed by atoms with Crippen LogP contribution in [0.15, 0.2) is 42.5 Å². The van der Waals surface area contributed by atoms with E-state index in [1.165, 1.54) is 29.8 Å². The van der Waals surface area contributed by atoms with E-state index in [0.717, 1.165) is 11.1 Å². The molecule has 0 saturated heterocycles. The minimum Gasteiger partial charge on any atom is -0.452 e. The normalized spacial score (nSPS) is 11.7. The standard InChI is InChI=1S/C19H20FNO3/c1-12-8-9-15(10-13(12)2)14(3)21-18(22)11-24-19(23)16-6-4-5-7-17(16)20/h4-10,14H,11H2,1-3H3,(H,21,22)/t14-/m1/s1. The maximum atomic E-state index is 13.5. The number of carbonyl (C=O) groups excluding carboxylic acids is 2. The Morgan fingerprint density at radius 3 is 2.50 bits per heavy atom. The molecule has 0 spiro atoms. The third-order valence-corrected chi connectivity index (χ3v) is 3.84. The van der Waals surface area contributed by atoms with Crippen molar-refractivity contribution in [1.82, 2.24) is 5.32 Å². The molecule has 5 heteroatoms. The summed E-state index contributed by atoms with van der Waals surface area (Å²) in [6, 6.07) is 11.2. The van der Waals surface area contributed by atoms with Crippen molar-refractivity contribution in [1.29, 1.82) is 0 Å². The first kappa shape index (κ1) is 17.7. The number of hydrogen-bond acceptors (Lipinski definition) is 3. The summed E-state index contributed by atoms with van der Waals surface area (Å²) >= 11 is 0. The van der Waals surface area contributed by atoms with Crippen molar-refractivity contribution < 1.29 is 18.7 Å². The van der Waals surface area contributed by atoms with Crippen molar-refractivity contribution >= 4 is 11.9 Å². The van der Waals surface area contributed by atoms with Gasteiger partial charge in [0.15, 0.2) is 6.61 Å². The zero-order valence-corrected chi connectivity index (χ0v) is 13.9. The van der Waals surface area contributed by atoms with Crippen LogP contribution in [0.4, 0.5) is 4.39 Å². The van der Waals surface area contributed by atoms with Gasteiger partial charge >= 0.3 is 5.97 Å². The summed E-state index contributed by atoms with van der Waals surface area (Å²) < 4.78 is 18.3. The Balaban J connectivity index is 1.90. The summed E-state index contributed by atoms with van der Waals surface area (Å²) in [4.78, 5) is 23.7. The number of halogens is 1.